The van der Waals surface area contributed by atoms with E-state index in [0.717, 1.165) is 28.6 Å². The van der Waals surface area contributed by atoms with Gasteiger partial charge in [0.2, 0.25) is 0 Å². The Morgan fingerprint density at radius 2 is 1.69 bits per heavy atom. The van der Waals surface area contributed by atoms with Crippen LogP contribution in [0.3, 0.4) is 0 Å². The van der Waals surface area contributed by atoms with Gasteiger partial charge in [-0.3, -0.25) is 9.69 Å². The van der Waals surface area contributed by atoms with E-state index in [4.69, 9.17) is 17.0 Å². The number of carbonyl (C=O) groups is 2. The van der Waals surface area contributed by atoms with Crippen molar-refractivity contribution in [3.05, 3.63) is 105 Å². The Bertz CT molecular complexity index is 1320. The molecule has 0 saturated carbocycles. The number of hydrogen-bond donors (Lipinski definition) is 1. The fourth-order valence-corrected chi connectivity index (χ4v) is 5.20. The second kappa shape index (κ2) is 10.5. The summed E-state index contributed by atoms with van der Waals surface area (Å²) in [4.78, 5) is 26.7. The summed E-state index contributed by atoms with van der Waals surface area (Å²) in [6.45, 7) is 6.75. The van der Waals surface area contributed by atoms with Crippen molar-refractivity contribution in [2.75, 3.05) is 0 Å². The molecule has 1 saturated heterocycles. The van der Waals surface area contributed by atoms with Crippen molar-refractivity contribution in [3.63, 3.8) is 0 Å². The molecule has 5 nitrogen and oxygen atoms in total. The lowest BCUT2D eigenvalue weighted by molar-refractivity contribution is -0.145. The molecule has 0 spiro atoms. The summed E-state index contributed by atoms with van der Waals surface area (Å²) >= 11 is 6.49. The van der Waals surface area contributed by atoms with Gasteiger partial charge >= 0.3 is 5.97 Å². The third kappa shape index (κ3) is 5.47. The fraction of sp³-hybridized carbons (Fsp3) is 0.179. The van der Waals surface area contributed by atoms with Crippen molar-refractivity contribution in [3.8, 4) is 5.75 Å². The maximum atomic E-state index is 13.1. The number of nitrogens with zero attached hydrogens (tertiary/aromatic N) is 1. The van der Waals surface area contributed by atoms with Gasteiger partial charge in [-0.2, -0.15) is 0 Å². The predicted molar refractivity (Wildman–Crippen MR) is 143 cm³/mol. The van der Waals surface area contributed by atoms with Crippen molar-refractivity contribution in [2.45, 2.75) is 33.4 Å². The normalized spacial score (nSPS) is 15.5. The summed E-state index contributed by atoms with van der Waals surface area (Å²) in [5.74, 6) is -0.821. The van der Waals surface area contributed by atoms with Crippen LogP contribution in [0.25, 0.3) is 6.08 Å². The monoisotopic (exact) mass is 503 g/mol. The largest absolute Gasteiger partial charge is 0.489 e. The highest BCUT2D eigenvalue weighted by Crippen LogP contribution is 2.38. The fourth-order valence-electron chi connectivity index (χ4n) is 3.89. The van der Waals surface area contributed by atoms with Crippen LogP contribution >= 0.6 is 24.0 Å². The molecule has 3 aromatic carbocycles. The molecule has 0 radical (unpaired) electrons. The summed E-state index contributed by atoms with van der Waals surface area (Å²) in [5.41, 5.74) is 6.14. The highest BCUT2D eigenvalue weighted by atomic mass is 32.2. The van der Waals surface area contributed by atoms with Gasteiger partial charge in [-0.15, -0.1) is 0 Å². The molecule has 1 atom stereocenters. The van der Waals surface area contributed by atoms with E-state index in [1.807, 2.05) is 24.3 Å². The predicted octanol–water partition coefficient (Wildman–Crippen LogP) is 6.22. The van der Waals surface area contributed by atoms with Crippen LogP contribution in [0.2, 0.25) is 0 Å². The Hall–Kier alpha value is -3.42. The van der Waals surface area contributed by atoms with Gasteiger partial charge in [0.25, 0.3) is 5.91 Å². The summed E-state index contributed by atoms with van der Waals surface area (Å²) in [5, 5.41) is 9.81. The summed E-state index contributed by atoms with van der Waals surface area (Å²) in [6.07, 6.45) is 1.72. The molecular formula is C28H25NO4S2. The number of rotatable bonds is 7. The number of thioether (sulfide) groups is 1. The molecule has 0 aromatic heterocycles. The van der Waals surface area contributed by atoms with Gasteiger partial charge in [0.15, 0.2) is 6.04 Å². The lowest BCUT2D eigenvalue weighted by Gasteiger charge is -2.23. The van der Waals surface area contributed by atoms with E-state index in [2.05, 4.69) is 32.9 Å². The smallest absolute Gasteiger partial charge is 0.331 e. The quantitative estimate of drug-likeness (QED) is 0.305. The number of thiocarbonyl (C=S) groups is 1. The molecule has 35 heavy (non-hydrogen) atoms. The molecule has 178 valence electrons. The molecule has 1 heterocycles. The zero-order chi connectivity index (χ0) is 25.1. The maximum Gasteiger partial charge on any atom is 0.331 e. The molecule has 1 fully saturated rings. The lowest BCUT2D eigenvalue weighted by atomic mass is 10.0. The Morgan fingerprint density at radius 3 is 2.34 bits per heavy atom. The van der Waals surface area contributed by atoms with Gasteiger partial charge < -0.3 is 9.84 Å². The van der Waals surface area contributed by atoms with E-state index >= 15 is 0 Å². The average Bonchev–Trinajstić information content (AvgIpc) is 3.10. The SMILES string of the molecule is Cc1cc(C)c(COc2ccc(/C=C3/SC(=S)N(C(C(=O)O)c4ccccc4)C3=O)cc2)cc1C. The molecule has 1 unspecified atom stereocenters. The number of hydrogen-bond acceptors (Lipinski definition) is 5. The van der Waals surface area contributed by atoms with E-state index < -0.39 is 17.9 Å². The maximum absolute atomic E-state index is 13.1. The first kappa shape index (κ1) is 24.7. The first-order chi connectivity index (χ1) is 16.7. The molecule has 4 rings (SSSR count). The van der Waals surface area contributed by atoms with Crippen LogP contribution in [0.15, 0.2) is 71.6 Å². The number of carbonyl (C=O) groups excluding carboxylic acids is 1. The van der Waals surface area contributed by atoms with E-state index in [1.165, 1.54) is 21.6 Å². The Labute approximate surface area is 214 Å². The minimum atomic E-state index is -1.17. The molecule has 0 bridgehead atoms. The van der Waals surface area contributed by atoms with Crippen molar-refractivity contribution >= 4 is 46.3 Å². The number of aryl methyl sites for hydroxylation is 3. The highest BCUT2D eigenvalue weighted by molar-refractivity contribution is 8.26. The summed E-state index contributed by atoms with van der Waals surface area (Å²) in [6, 6.07) is 19.2. The molecular weight excluding hydrogens is 478 g/mol. The van der Waals surface area contributed by atoms with Crippen molar-refractivity contribution in [1.29, 1.82) is 0 Å². The van der Waals surface area contributed by atoms with Crippen molar-refractivity contribution < 1.29 is 19.4 Å². The number of aliphatic carboxylic acids is 1. The van der Waals surface area contributed by atoms with Gasteiger partial charge in [0.05, 0.1) is 4.91 Å². The van der Waals surface area contributed by atoms with Crippen molar-refractivity contribution in [1.82, 2.24) is 4.90 Å². The Morgan fingerprint density at radius 1 is 1.03 bits per heavy atom. The van der Waals surface area contributed by atoms with Crippen LogP contribution in [0.5, 0.6) is 5.75 Å². The second-order valence-corrected chi connectivity index (χ2v) is 10.1. The third-order valence-electron chi connectivity index (χ3n) is 5.96. The number of ether oxygens (including phenoxy) is 1. The minimum absolute atomic E-state index is 0.223. The molecule has 0 aliphatic carbocycles. The zero-order valence-electron chi connectivity index (χ0n) is 19.6. The van der Waals surface area contributed by atoms with Gasteiger partial charge in [-0.25, -0.2) is 4.79 Å². The van der Waals surface area contributed by atoms with Crippen LogP contribution in [-0.2, 0) is 16.2 Å². The van der Waals surface area contributed by atoms with Crippen LogP contribution < -0.4 is 4.74 Å². The minimum Gasteiger partial charge on any atom is -0.489 e. The van der Waals surface area contributed by atoms with Crippen LogP contribution in [0.1, 0.15) is 39.4 Å². The van der Waals surface area contributed by atoms with Crippen molar-refractivity contribution in [2.24, 2.45) is 0 Å². The standard InChI is InChI=1S/C28H25NO4S2/c1-17-13-19(3)22(14-18(17)2)16-33-23-11-9-20(10-12-23)15-24-26(30)29(28(34)35-24)25(27(31)32)21-7-5-4-6-8-21/h4-15,25H,16H2,1-3H3,(H,31,32)/b24-15+. The van der Waals surface area contributed by atoms with E-state index in [1.54, 1.807) is 36.4 Å². The van der Waals surface area contributed by atoms with Gasteiger partial charge in [-0.05, 0) is 72.4 Å². The Balaban J connectivity index is 1.48. The number of carboxylic acid groups (broad SMARTS) is 1. The highest BCUT2D eigenvalue weighted by Gasteiger charge is 2.41. The zero-order valence-corrected chi connectivity index (χ0v) is 21.3. The van der Waals surface area contributed by atoms with Gasteiger partial charge in [-0.1, -0.05) is 78.6 Å². The van der Waals surface area contributed by atoms with Crippen LogP contribution in [0.4, 0.5) is 0 Å². The van der Waals surface area contributed by atoms with E-state index in [9.17, 15) is 14.7 Å². The first-order valence-electron chi connectivity index (χ1n) is 11.1. The molecule has 7 heteroatoms. The summed E-state index contributed by atoms with van der Waals surface area (Å²) in [7, 11) is 0. The van der Waals surface area contributed by atoms with Crippen LogP contribution in [-0.4, -0.2) is 26.2 Å². The second-order valence-electron chi connectivity index (χ2n) is 8.42. The first-order valence-corrected chi connectivity index (χ1v) is 12.3. The molecule has 1 aliphatic heterocycles. The third-order valence-corrected chi connectivity index (χ3v) is 7.29. The molecule has 1 amide bonds. The van der Waals surface area contributed by atoms with Crippen LogP contribution in [0, 0.1) is 20.8 Å². The summed E-state index contributed by atoms with van der Waals surface area (Å²) < 4.78 is 6.19. The van der Waals surface area contributed by atoms with Gasteiger partial charge in [0, 0.05) is 0 Å². The van der Waals surface area contributed by atoms with E-state index in [0.29, 0.717) is 17.1 Å². The average molecular weight is 504 g/mol. The molecule has 3 aromatic rings. The topological polar surface area (TPSA) is 66.8 Å². The number of benzene rings is 3. The molecule has 1 aliphatic rings. The number of carboxylic acids is 1. The number of amides is 1. The Kier molecular flexibility index (Phi) is 7.38. The van der Waals surface area contributed by atoms with Gasteiger partial charge in [0.1, 0.15) is 16.7 Å². The lowest BCUT2D eigenvalue weighted by Crippen LogP contribution is -2.37. The molecule has 1 N–H and O–H groups in total. The van der Waals surface area contributed by atoms with E-state index in [-0.39, 0.29) is 4.32 Å².